The second kappa shape index (κ2) is 7.71. The standard InChI is InChI=1S/C13H26N2O3/c1-13(2,3)18-10-9-17-12(16)11-15-7-4-5-14-6-8-15/h14H,4-11H2,1-3H3. The summed E-state index contributed by atoms with van der Waals surface area (Å²) in [4.78, 5) is 13.7. The van der Waals surface area contributed by atoms with Crippen molar-refractivity contribution < 1.29 is 14.3 Å². The molecule has 5 heteroatoms. The Hall–Kier alpha value is -0.650. The largest absolute Gasteiger partial charge is 0.462 e. The first-order chi connectivity index (χ1) is 8.47. The van der Waals surface area contributed by atoms with Crippen LogP contribution in [0.3, 0.4) is 0 Å². The Labute approximate surface area is 110 Å². The molecule has 1 N–H and O–H groups in total. The molecule has 18 heavy (non-hydrogen) atoms. The molecule has 0 atom stereocenters. The molecule has 1 fully saturated rings. The zero-order valence-electron chi connectivity index (χ0n) is 11.8. The highest BCUT2D eigenvalue weighted by atomic mass is 16.6. The summed E-state index contributed by atoms with van der Waals surface area (Å²) in [5, 5.41) is 3.31. The minimum atomic E-state index is -0.178. The third kappa shape index (κ3) is 7.63. The summed E-state index contributed by atoms with van der Waals surface area (Å²) < 4.78 is 10.6. The number of nitrogens with one attached hydrogen (secondary N) is 1. The number of rotatable bonds is 5. The van der Waals surface area contributed by atoms with Gasteiger partial charge in [0.25, 0.3) is 0 Å². The van der Waals surface area contributed by atoms with Gasteiger partial charge >= 0.3 is 5.97 Å². The van der Waals surface area contributed by atoms with Crippen LogP contribution in [0.15, 0.2) is 0 Å². The van der Waals surface area contributed by atoms with Crippen LogP contribution >= 0.6 is 0 Å². The van der Waals surface area contributed by atoms with Crippen LogP contribution in [0.4, 0.5) is 0 Å². The summed E-state index contributed by atoms with van der Waals surface area (Å²) in [7, 11) is 0. The highest BCUT2D eigenvalue weighted by Gasteiger charge is 2.14. The van der Waals surface area contributed by atoms with E-state index in [1.54, 1.807) is 0 Å². The van der Waals surface area contributed by atoms with E-state index in [0.29, 0.717) is 19.8 Å². The SMILES string of the molecule is CC(C)(C)OCCOC(=O)CN1CCCNCC1. The van der Waals surface area contributed by atoms with Crippen molar-refractivity contribution >= 4 is 5.97 Å². The topological polar surface area (TPSA) is 50.8 Å². The highest BCUT2D eigenvalue weighted by molar-refractivity contribution is 5.71. The summed E-state index contributed by atoms with van der Waals surface area (Å²) in [6, 6.07) is 0. The molecule has 0 amide bonds. The molecule has 0 unspecified atom stereocenters. The summed E-state index contributed by atoms with van der Waals surface area (Å²) >= 11 is 0. The molecule has 1 aliphatic heterocycles. The second-order valence-electron chi connectivity index (χ2n) is 5.56. The molecule has 0 aromatic carbocycles. The van der Waals surface area contributed by atoms with Crippen LogP contribution in [0.25, 0.3) is 0 Å². The van der Waals surface area contributed by atoms with Crippen molar-refractivity contribution in [3.8, 4) is 0 Å². The van der Waals surface area contributed by atoms with Crippen molar-refractivity contribution in [3.63, 3.8) is 0 Å². The zero-order chi connectivity index (χ0) is 13.4. The number of nitrogens with zero attached hydrogens (tertiary/aromatic N) is 1. The maximum atomic E-state index is 11.6. The summed E-state index contributed by atoms with van der Waals surface area (Å²) in [6.07, 6.45) is 1.08. The van der Waals surface area contributed by atoms with E-state index in [1.807, 2.05) is 20.8 Å². The van der Waals surface area contributed by atoms with E-state index in [1.165, 1.54) is 0 Å². The molecular weight excluding hydrogens is 232 g/mol. The Balaban J connectivity index is 2.09. The Morgan fingerprint density at radius 1 is 1.22 bits per heavy atom. The lowest BCUT2D eigenvalue weighted by molar-refractivity contribution is -0.148. The van der Waals surface area contributed by atoms with Crippen molar-refractivity contribution in [2.24, 2.45) is 0 Å². The predicted molar refractivity (Wildman–Crippen MR) is 70.6 cm³/mol. The van der Waals surface area contributed by atoms with Crippen molar-refractivity contribution in [3.05, 3.63) is 0 Å². The van der Waals surface area contributed by atoms with E-state index in [9.17, 15) is 4.79 Å². The van der Waals surface area contributed by atoms with Gasteiger partial charge in [-0.3, -0.25) is 9.69 Å². The van der Waals surface area contributed by atoms with Crippen LogP contribution in [-0.2, 0) is 14.3 Å². The lowest BCUT2D eigenvalue weighted by atomic mass is 10.2. The predicted octanol–water partition coefficient (Wildman–Crippen LogP) is 0.640. The van der Waals surface area contributed by atoms with Gasteiger partial charge in [-0.1, -0.05) is 0 Å². The number of esters is 1. The van der Waals surface area contributed by atoms with Gasteiger partial charge in [0.15, 0.2) is 0 Å². The van der Waals surface area contributed by atoms with Gasteiger partial charge in [-0.15, -0.1) is 0 Å². The molecule has 1 saturated heterocycles. The molecule has 1 rings (SSSR count). The van der Waals surface area contributed by atoms with Crippen LogP contribution in [0, 0.1) is 0 Å². The Morgan fingerprint density at radius 2 is 2.00 bits per heavy atom. The van der Waals surface area contributed by atoms with Crippen molar-refractivity contribution in [1.29, 1.82) is 0 Å². The quantitative estimate of drug-likeness (QED) is 0.579. The average Bonchev–Trinajstić information content (AvgIpc) is 2.52. The minimum Gasteiger partial charge on any atom is -0.462 e. The van der Waals surface area contributed by atoms with Gasteiger partial charge in [0.1, 0.15) is 6.61 Å². The molecule has 0 bridgehead atoms. The Bertz CT molecular complexity index is 243. The maximum absolute atomic E-state index is 11.6. The molecule has 1 aliphatic rings. The minimum absolute atomic E-state index is 0.158. The van der Waals surface area contributed by atoms with Crippen LogP contribution in [-0.4, -0.2) is 62.4 Å². The molecule has 106 valence electrons. The Kier molecular flexibility index (Phi) is 6.60. The van der Waals surface area contributed by atoms with Gasteiger partial charge < -0.3 is 14.8 Å². The third-order valence-electron chi connectivity index (χ3n) is 2.67. The zero-order valence-corrected chi connectivity index (χ0v) is 11.8. The molecule has 1 heterocycles. The van der Waals surface area contributed by atoms with Crippen molar-refractivity contribution in [2.45, 2.75) is 32.8 Å². The van der Waals surface area contributed by atoms with E-state index in [2.05, 4.69) is 10.2 Å². The van der Waals surface area contributed by atoms with E-state index in [-0.39, 0.29) is 11.6 Å². The second-order valence-corrected chi connectivity index (χ2v) is 5.56. The molecule has 0 radical (unpaired) electrons. The van der Waals surface area contributed by atoms with E-state index < -0.39 is 0 Å². The number of carbonyl (C=O) groups excluding carboxylic acids is 1. The van der Waals surface area contributed by atoms with Crippen LogP contribution in [0.2, 0.25) is 0 Å². The summed E-state index contributed by atoms with van der Waals surface area (Å²) in [5.74, 6) is -0.158. The van der Waals surface area contributed by atoms with E-state index in [4.69, 9.17) is 9.47 Å². The van der Waals surface area contributed by atoms with E-state index >= 15 is 0 Å². The highest BCUT2D eigenvalue weighted by Crippen LogP contribution is 2.05. The molecule has 5 nitrogen and oxygen atoms in total. The van der Waals surface area contributed by atoms with Gasteiger partial charge in [0.05, 0.1) is 18.8 Å². The fourth-order valence-corrected chi connectivity index (χ4v) is 1.79. The van der Waals surface area contributed by atoms with Crippen LogP contribution < -0.4 is 5.32 Å². The number of hydrogen-bond donors (Lipinski definition) is 1. The lowest BCUT2D eigenvalue weighted by Crippen LogP contribution is -2.34. The first kappa shape index (κ1) is 15.4. The smallest absolute Gasteiger partial charge is 0.320 e. The maximum Gasteiger partial charge on any atom is 0.320 e. The lowest BCUT2D eigenvalue weighted by Gasteiger charge is -2.20. The van der Waals surface area contributed by atoms with Gasteiger partial charge in [0, 0.05) is 13.1 Å². The Morgan fingerprint density at radius 3 is 2.72 bits per heavy atom. The average molecular weight is 258 g/mol. The molecule has 0 aliphatic carbocycles. The van der Waals surface area contributed by atoms with E-state index in [0.717, 1.165) is 32.6 Å². The van der Waals surface area contributed by atoms with Crippen LogP contribution in [0.5, 0.6) is 0 Å². The molecule has 0 saturated carbocycles. The van der Waals surface area contributed by atoms with Gasteiger partial charge in [0.2, 0.25) is 0 Å². The molecule has 0 aromatic rings. The van der Waals surface area contributed by atoms with Crippen LogP contribution in [0.1, 0.15) is 27.2 Å². The van der Waals surface area contributed by atoms with Crippen molar-refractivity contribution in [2.75, 3.05) is 45.9 Å². The third-order valence-corrected chi connectivity index (χ3v) is 2.67. The molecular formula is C13H26N2O3. The summed E-state index contributed by atoms with van der Waals surface area (Å²) in [6.45, 7) is 11.0. The first-order valence-corrected chi connectivity index (χ1v) is 6.70. The first-order valence-electron chi connectivity index (χ1n) is 6.70. The number of hydrogen-bond acceptors (Lipinski definition) is 5. The molecule has 0 spiro atoms. The number of carbonyl (C=O) groups is 1. The normalized spacial score (nSPS) is 18.4. The number of ether oxygens (including phenoxy) is 2. The van der Waals surface area contributed by atoms with Gasteiger partial charge in [-0.05, 0) is 40.3 Å². The monoisotopic (exact) mass is 258 g/mol. The van der Waals surface area contributed by atoms with Crippen molar-refractivity contribution in [1.82, 2.24) is 10.2 Å². The fourth-order valence-electron chi connectivity index (χ4n) is 1.79. The van der Waals surface area contributed by atoms with Gasteiger partial charge in [-0.25, -0.2) is 0 Å². The molecule has 0 aromatic heterocycles. The fraction of sp³-hybridized carbons (Fsp3) is 0.923. The van der Waals surface area contributed by atoms with Gasteiger partial charge in [-0.2, -0.15) is 0 Å². The summed E-state index contributed by atoms with van der Waals surface area (Å²) in [5.41, 5.74) is -0.178.